The zero-order valence-electron chi connectivity index (χ0n) is 14.7. The van der Waals surface area contributed by atoms with E-state index in [1.165, 1.54) is 23.5 Å². The third-order valence-corrected chi connectivity index (χ3v) is 4.83. The van der Waals surface area contributed by atoms with Crippen LogP contribution in [0.1, 0.15) is 26.4 Å². The number of aryl methyl sites for hydroxylation is 1. The molecule has 146 valence electrons. The number of nitrogens with zero attached hydrogens (tertiary/aromatic N) is 1. The number of benzene rings is 2. The molecule has 0 fully saturated rings. The Morgan fingerprint density at radius 3 is 2.50 bits per heavy atom. The van der Waals surface area contributed by atoms with E-state index in [4.69, 9.17) is 10.6 Å². The summed E-state index contributed by atoms with van der Waals surface area (Å²) >= 11 is 1.41. The first-order valence-corrected chi connectivity index (χ1v) is 9.01. The molecule has 3 aromatic rings. The zero-order chi connectivity index (χ0) is 20.3. The van der Waals surface area contributed by atoms with Gasteiger partial charge in [0, 0.05) is 11.8 Å². The SMILES string of the molecule is Cc1ccc(C(=O)NN)c(-c2ccc(C(F)(F)F)cc2)c1OCc1cncs1. The van der Waals surface area contributed by atoms with E-state index in [1.807, 2.05) is 0 Å². The number of nitrogens with one attached hydrogen (secondary N) is 1. The van der Waals surface area contributed by atoms with Crippen molar-refractivity contribution in [3.8, 4) is 16.9 Å². The number of carbonyl (C=O) groups excluding carboxylic acids is 1. The molecule has 0 saturated carbocycles. The predicted molar refractivity (Wildman–Crippen MR) is 99.7 cm³/mol. The molecule has 3 rings (SSSR count). The summed E-state index contributed by atoms with van der Waals surface area (Å²) in [6.07, 6.45) is -2.79. The topological polar surface area (TPSA) is 77.2 Å². The Kier molecular flexibility index (Phi) is 5.66. The average Bonchev–Trinajstić information content (AvgIpc) is 3.19. The van der Waals surface area contributed by atoms with Crippen molar-refractivity contribution in [2.75, 3.05) is 0 Å². The number of aromatic nitrogens is 1. The van der Waals surface area contributed by atoms with Crippen molar-refractivity contribution in [3.63, 3.8) is 0 Å². The normalized spacial score (nSPS) is 11.3. The minimum absolute atomic E-state index is 0.201. The summed E-state index contributed by atoms with van der Waals surface area (Å²) in [5.74, 6) is 5.10. The molecule has 0 bridgehead atoms. The Morgan fingerprint density at radius 2 is 1.93 bits per heavy atom. The lowest BCUT2D eigenvalue weighted by atomic mass is 9.94. The number of amides is 1. The van der Waals surface area contributed by atoms with E-state index in [1.54, 1.807) is 30.8 Å². The Bertz CT molecular complexity index is 971. The molecule has 0 atom stereocenters. The maximum Gasteiger partial charge on any atom is 0.416 e. The van der Waals surface area contributed by atoms with Gasteiger partial charge in [-0.3, -0.25) is 15.2 Å². The van der Waals surface area contributed by atoms with Crippen molar-refractivity contribution in [2.45, 2.75) is 19.7 Å². The van der Waals surface area contributed by atoms with Crippen LogP contribution in [0, 0.1) is 6.92 Å². The van der Waals surface area contributed by atoms with E-state index in [2.05, 4.69) is 10.4 Å². The van der Waals surface area contributed by atoms with Crippen LogP contribution in [0.4, 0.5) is 13.2 Å². The number of rotatable bonds is 5. The van der Waals surface area contributed by atoms with Crippen LogP contribution < -0.4 is 16.0 Å². The molecule has 0 spiro atoms. The standard InChI is InChI=1S/C19H16F3N3O2S/c1-11-2-7-15(18(26)25-23)16(17(11)27-9-14-8-24-10-28-14)12-3-5-13(6-4-12)19(20,21)22/h2-8,10H,9,23H2,1H3,(H,25,26). The number of alkyl halides is 3. The van der Waals surface area contributed by atoms with Crippen LogP contribution in [-0.4, -0.2) is 10.9 Å². The van der Waals surface area contributed by atoms with Gasteiger partial charge in [0.1, 0.15) is 12.4 Å². The van der Waals surface area contributed by atoms with Gasteiger partial charge in [-0.2, -0.15) is 13.2 Å². The number of halogens is 3. The molecular formula is C19H16F3N3O2S. The summed E-state index contributed by atoms with van der Waals surface area (Å²) in [5.41, 5.74) is 4.67. The van der Waals surface area contributed by atoms with Crippen LogP contribution in [0.15, 0.2) is 48.1 Å². The molecule has 0 saturated heterocycles. The smallest absolute Gasteiger partial charge is 0.416 e. The third kappa shape index (κ3) is 4.15. The van der Waals surface area contributed by atoms with Crippen LogP contribution in [0.2, 0.25) is 0 Å². The summed E-state index contributed by atoms with van der Waals surface area (Å²) in [5, 5.41) is 0. The summed E-state index contributed by atoms with van der Waals surface area (Å²) in [6, 6.07) is 7.81. The Morgan fingerprint density at radius 1 is 1.21 bits per heavy atom. The van der Waals surface area contributed by atoms with Gasteiger partial charge < -0.3 is 4.74 Å². The molecule has 1 heterocycles. The predicted octanol–water partition coefficient (Wildman–Crippen LogP) is 4.32. The van der Waals surface area contributed by atoms with Gasteiger partial charge >= 0.3 is 6.18 Å². The lowest BCUT2D eigenvalue weighted by Crippen LogP contribution is -2.30. The Hall–Kier alpha value is -2.91. The highest BCUT2D eigenvalue weighted by Gasteiger charge is 2.30. The van der Waals surface area contributed by atoms with Gasteiger partial charge in [-0.25, -0.2) is 5.84 Å². The molecule has 0 aliphatic rings. The molecule has 5 nitrogen and oxygen atoms in total. The van der Waals surface area contributed by atoms with Gasteiger partial charge in [0.05, 0.1) is 21.5 Å². The first-order chi connectivity index (χ1) is 13.3. The van der Waals surface area contributed by atoms with Crippen molar-refractivity contribution < 1.29 is 22.7 Å². The van der Waals surface area contributed by atoms with Gasteiger partial charge in [0.15, 0.2) is 0 Å². The molecule has 28 heavy (non-hydrogen) atoms. The third-order valence-electron chi connectivity index (χ3n) is 4.07. The van der Waals surface area contributed by atoms with E-state index < -0.39 is 17.6 Å². The quantitative estimate of drug-likeness (QED) is 0.375. The largest absolute Gasteiger partial charge is 0.487 e. The minimum atomic E-state index is -4.45. The van der Waals surface area contributed by atoms with Crippen LogP contribution >= 0.6 is 11.3 Å². The molecule has 1 amide bonds. The summed E-state index contributed by atoms with van der Waals surface area (Å²) in [7, 11) is 0. The second kappa shape index (κ2) is 7.99. The summed E-state index contributed by atoms with van der Waals surface area (Å²) < 4.78 is 44.6. The van der Waals surface area contributed by atoms with Crippen molar-refractivity contribution in [1.82, 2.24) is 10.4 Å². The molecule has 9 heteroatoms. The summed E-state index contributed by atoms with van der Waals surface area (Å²) in [4.78, 5) is 17.1. The maximum absolute atomic E-state index is 12.9. The number of ether oxygens (including phenoxy) is 1. The van der Waals surface area contributed by atoms with Crippen molar-refractivity contribution >= 4 is 17.2 Å². The van der Waals surface area contributed by atoms with Gasteiger partial charge in [0.25, 0.3) is 5.91 Å². The second-order valence-corrected chi connectivity index (χ2v) is 6.91. The average molecular weight is 407 g/mol. The monoisotopic (exact) mass is 407 g/mol. The van der Waals surface area contributed by atoms with E-state index in [0.29, 0.717) is 16.9 Å². The molecule has 1 aromatic heterocycles. The van der Waals surface area contributed by atoms with E-state index in [9.17, 15) is 18.0 Å². The number of nitrogen functional groups attached to an aromatic ring is 1. The first-order valence-electron chi connectivity index (χ1n) is 8.13. The number of hydrogen-bond acceptors (Lipinski definition) is 5. The molecule has 0 unspecified atom stereocenters. The molecule has 0 radical (unpaired) electrons. The zero-order valence-corrected chi connectivity index (χ0v) is 15.5. The van der Waals surface area contributed by atoms with Gasteiger partial charge in [-0.05, 0) is 36.2 Å². The number of thiazole rings is 1. The second-order valence-electron chi connectivity index (χ2n) is 5.94. The highest BCUT2D eigenvalue weighted by Crippen LogP contribution is 2.38. The molecule has 3 N–H and O–H groups in total. The van der Waals surface area contributed by atoms with E-state index >= 15 is 0 Å². The Balaban J connectivity index is 2.09. The lowest BCUT2D eigenvalue weighted by Gasteiger charge is -2.18. The number of hydrogen-bond donors (Lipinski definition) is 2. The fourth-order valence-corrected chi connectivity index (χ4v) is 3.21. The number of hydrazine groups is 1. The molecule has 2 aromatic carbocycles. The van der Waals surface area contributed by atoms with Crippen molar-refractivity contribution in [2.24, 2.45) is 5.84 Å². The van der Waals surface area contributed by atoms with Gasteiger partial charge in [-0.1, -0.05) is 18.2 Å². The Labute approximate surface area is 162 Å². The maximum atomic E-state index is 12.9. The first kappa shape index (κ1) is 19.8. The van der Waals surface area contributed by atoms with Gasteiger partial charge in [-0.15, -0.1) is 11.3 Å². The molecular weight excluding hydrogens is 391 g/mol. The minimum Gasteiger partial charge on any atom is -0.487 e. The van der Waals surface area contributed by atoms with Crippen LogP contribution in [0.25, 0.3) is 11.1 Å². The van der Waals surface area contributed by atoms with E-state index in [0.717, 1.165) is 22.6 Å². The molecule has 0 aliphatic carbocycles. The number of carbonyl (C=O) groups is 1. The van der Waals surface area contributed by atoms with Crippen LogP contribution in [-0.2, 0) is 12.8 Å². The van der Waals surface area contributed by atoms with Crippen molar-refractivity contribution in [1.29, 1.82) is 0 Å². The van der Waals surface area contributed by atoms with Gasteiger partial charge in [0.2, 0.25) is 0 Å². The van der Waals surface area contributed by atoms with Crippen LogP contribution in [0.3, 0.4) is 0 Å². The summed E-state index contributed by atoms with van der Waals surface area (Å²) in [6.45, 7) is 2.01. The highest BCUT2D eigenvalue weighted by atomic mass is 32.1. The lowest BCUT2D eigenvalue weighted by molar-refractivity contribution is -0.137. The molecule has 0 aliphatic heterocycles. The highest BCUT2D eigenvalue weighted by molar-refractivity contribution is 7.09. The fraction of sp³-hybridized carbons (Fsp3) is 0.158. The van der Waals surface area contributed by atoms with Crippen molar-refractivity contribution in [3.05, 3.63) is 69.7 Å². The number of nitrogens with two attached hydrogens (primary N) is 1. The fourth-order valence-electron chi connectivity index (χ4n) is 2.71. The van der Waals surface area contributed by atoms with E-state index in [-0.39, 0.29) is 12.2 Å². The van der Waals surface area contributed by atoms with Crippen LogP contribution in [0.5, 0.6) is 5.75 Å².